The number of hydrogen-bond acceptors (Lipinski definition) is 2. The molecule has 1 aromatic rings. The number of rotatable bonds is 4. The van der Waals surface area contributed by atoms with E-state index >= 15 is 0 Å². The highest BCUT2D eigenvalue weighted by Gasteiger charge is 2.28. The van der Waals surface area contributed by atoms with Crippen LogP contribution in [-0.2, 0) is 0 Å². The van der Waals surface area contributed by atoms with Gasteiger partial charge in [-0.1, -0.05) is 18.2 Å². The Morgan fingerprint density at radius 1 is 1.47 bits per heavy atom. The first-order valence-corrected chi connectivity index (χ1v) is 5.51. The summed E-state index contributed by atoms with van der Waals surface area (Å²) in [5.41, 5.74) is -0.689. The summed E-state index contributed by atoms with van der Waals surface area (Å²) in [6.07, 6.45) is 0.765. The molecule has 1 rings (SSSR count). The van der Waals surface area contributed by atoms with Gasteiger partial charge in [-0.15, -0.1) is 6.58 Å². The minimum Gasteiger partial charge on any atom is -0.484 e. The first-order valence-electron chi connectivity index (χ1n) is 4.71. The van der Waals surface area contributed by atoms with E-state index in [4.69, 9.17) is 4.74 Å². The second-order valence-corrected chi connectivity index (χ2v) is 4.67. The third-order valence-electron chi connectivity index (χ3n) is 2.15. The summed E-state index contributed by atoms with van der Waals surface area (Å²) in [4.78, 5) is 0. The number of aliphatic hydroxyl groups excluding tert-OH is 1. The number of aliphatic hydroxyl groups is 1. The first-order chi connectivity index (χ1) is 6.97. The Kier molecular flexibility index (Phi) is 3.94. The quantitative estimate of drug-likeness (QED) is 0.852. The van der Waals surface area contributed by atoms with Crippen molar-refractivity contribution in [1.29, 1.82) is 0 Å². The normalized spacial score (nSPS) is 13.3. The average molecular weight is 271 g/mol. The van der Waals surface area contributed by atoms with Crippen LogP contribution < -0.4 is 4.74 Å². The van der Waals surface area contributed by atoms with Gasteiger partial charge in [-0.25, -0.2) is 0 Å². The molecule has 2 nitrogen and oxygen atoms in total. The van der Waals surface area contributed by atoms with Gasteiger partial charge in [-0.2, -0.15) is 0 Å². The van der Waals surface area contributed by atoms with Gasteiger partial charge in [0.1, 0.15) is 17.5 Å². The lowest BCUT2D eigenvalue weighted by atomic mass is 10.0. The van der Waals surface area contributed by atoms with Gasteiger partial charge in [0, 0.05) is 0 Å². The van der Waals surface area contributed by atoms with Gasteiger partial charge in [0.2, 0.25) is 0 Å². The Morgan fingerprint density at radius 3 is 2.60 bits per heavy atom. The van der Waals surface area contributed by atoms with Crippen molar-refractivity contribution in [2.24, 2.45) is 0 Å². The molecule has 0 saturated carbocycles. The molecule has 0 radical (unpaired) electrons. The maximum atomic E-state index is 9.68. The predicted octanol–water partition coefficient (Wildman–Crippen LogP) is 3.15. The first kappa shape index (κ1) is 12.3. The summed E-state index contributed by atoms with van der Waals surface area (Å²) < 4.78 is 6.59. The van der Waals surface area contributed by atoms with Crippen molar-refractivity contribution in [3.8, 4) is 5.75 Å². The average Bonchev–Trinajstić information content (AvgIpc) is 2.20. The Bertz CT molecular complexity index is 347. The maximum absolute atomic E-state index is 9.68. The molecule has 1 N–H and O–H groups in total. The summed E-state index contributed by atoms with van der Waals surface area (Å²) in [6.45, 7) is 7.19. The van der Waals surface area contributed by atoms with Gasteiger partial charge >= 0.3 is 0 Å². The third kappa shape index (κ3) is 3.08. The minimum absolute atomic E-state index is 0.689. The van der Waals surface area contributed by atoms with E-state index in [-0.39, 0.29) is 0 Å². The van der Waals surface area contributed by atoms with E-state index in [2.05, 4.69) is 22.5 Å². The van der Waals surface area contributed by atoms with Crippen molar-refractivity contribution < 1.29 is 9.84 Å². The zero-order chi connectivity index (χ0) is 11.5. The van der Waals surface area contributed by atoms with E-state index in [1.54, 1.807) is 0 Å². The fraction of sp³-hybridized carbons (Fsp3) is 0.333. The Labute approximate surface area is 98.7 Å². The van der Waals surface area contributed by atoms with Crippen LogP contribution in [0.15, 0.2) is 41.4 Å². The summed E-state index contributed by atoms with van der Waals surface area (Å²) in [5.74, 6) is 0.711. The maximum Gasteiger partial charge on any atom is 0.134 e. The van der Waals surface area contributed by atoms with Crippen LogP contribution in [0, 0.1) is 0 Å². The predicted molar refractivity (Wildman–Crippen MR) is 65.1 cm³/mol. The van der Waals surface area contributed by atoms with E-state index in [9.17, 15) is 5.11 Å². The molecule has 0 heterocycles. The van der Waals surface area contributed by atoms with Crippen LogP contribution in [0.5, 0.6) is 5.75 Å². The molecular formula is C12H15BrO2. The van der Waals surface area contributed by atoms with Crippen LogP contribution in [0.3, 0.4) is 0 Å². The molecule has 0 amide bonds. The second kappa shape index (κ2) is 4.81. The summed E-state index contributed by atoms with van der Waals surface area (Å²) in [7, 11) is 0. The summed E-state index contributed by atoms with van der Waals surface area (Å²) in [5, 5.41) is 9.68. The highest BCUT2D eigenvalue weighted by Crippen LogP contribution is 2.29. The molecule has 15 heavy (non-hydrogen) atoms. The van der Waals surface area contributed by atoms with Crippen LogP contribution in [-0.4, -0.2) is 16.8 Å². The van der Waals surface area contributed by atoms with E-state index in [0.717, 1.165) is 4.47 Å². The van der Waals surface area contributed by atoms with E-state index < -0.39 is 11.7 Å². The van der Waals surface area contributed by atoms with Crippen LogP contribution in [0.4, 0.5) is 0 Å². The molecule has 0 aliphatic heterocycles. The monoisotopic (exact) mass is 270 g/mol. The van der Waals surface area contributed by atoms with E-state index in [1.165, 1.54) is 6.08 Å². The molecule has 1 atom stereocenters. The van der Waals surface area contributed by atoms with Crippen molar-refractivity contribution in [2.75, 3.05) is 0 Å². The lowest BCUT2D eigenvalue weighted by Gasteiger charge is -2.30. The van der Waals surface area contributed by atoms with Crippen LogP contribution in [0.25, 0.3) is 0 Å². The zero-order valence-electron chi connectivity index (χ0n) is 8.90. The van der Waals surface area contributed by atoms with Crippen molar-refractivity contribution >= 4 is 15.9 Å². The second-order valence-electron chi connectivity index (χ2n) is 3.82. The number of benzene rings is 1. The molecule has 3 heteroatoms. The highest BCUT2D eigenvalue weighted by molar-refractivity contribution is 9.10. The largest absolute Gasteiger partial charge is 0.484 e. The molecule has 0 fully saturated rings. The van der Waals surface area contributed by atoms with Gasteiger partial charge in [0.25, 0.3) is 0 Å². The van der Waals surface area contributed by atoms with Crippen molar-refractivity contribution in [1.82, 2.24) is 0 Å². The van der Waals surface area contributed by atoms with Gasteiger partial charge in [-0.3, -0.25) is 0 Å². The molecule has 0 aliphatic rings. The lowest BCUT2D eigenvalue weighted by molar-refractivity contribution is -0.00205. The third-order valence-corrected chi connectivity index (χ3v) is 2.80. The lowest BCUT2D eigenvalue weighted by Crippen LogP contribution is -2.40. The molecule has 82 valence electrons. The SMILES string of the molecule is C=CC(O)C(C)(C)Oc1ccccc1Br. The standard InChI is InChI=1S/C12H15BrO2/c1-4-11(14)12(2,3)15-10-8-6-5-7-9(10)13/h4-8,11,14H,1H2,2-3H3. The van der Waals surface area contributed by atoms with E-state index in [0.29, 0.717) is 5.75 Å². The summed E-state index contributed by atoms with van der Waals surface area (Å²) in [6, 6.07) is 7.54. The molecule has 0 aromatic heterocycles. The zero-order valence-corrected chi connectivity index (χ0v) is 10.5. The number of halogens is 1. The van der Waals surface area contributed by atoms with Gasteiger partial charge < -0.3 is 9.84 Å². The van der Waals surface area contributed by atoms with Gasteiger partial charge in [-0.05, 0) is 41.9 Å². The Balaban J connectivity index is 2.86. The minimum atomic E-state index is -0.704. The topological polar surface area (TPSA) is 29.5 Å². The Morgan fingerprint density at radius 2 is 2.07 bits per heavy atom. The molecule has 0 spiro atoms. The van der Waals surface area contributed by atoms with Gasteiger partial charge in [0.05, 0.1) is 4.47 Å². The van der Waals surface area contributed by atoms with Crippen LogP contribution >= 0.6 is 15.9 Å². The smallest absolute Gasteiger partial charge is 0.134 e. The molecule has 1 aromatic carbocycles. The van der Waals surface area contributed by atoms with Crippen LogP contribution in [0.1, 0.15) is 13.8 Å². The summed E-state index contributed by atoms with van der Waals surface area (Å²) >= 11 is 3.39. The van der Waals surface area contributed by atoms with Crippen molar-refractivity contribution in [2.45, 2.75) is 25.6 Å². The number of hydrogen-bond donors (Lipinski definition) is 1. The highest BCUT2D eigenvalue weighted by atomic mass is 79.9. The Hall–Kier alpha value is -0.800. The molecular weight excluding hydrogens is 256 g/mol. The van der Waals surface area contributed by atoms with Crippen molar-refractivity contribution in [3.63, 3.8) is 0 Å². The van der Waals surface area contributed by atoms with Crippen molar-refractivity contribution in [3.05, 3.63) is 41.4 Å². The number of ether oxygens (including phenoxy) is 1. The molecule has 1 unspecified atom stereocenters. The molecule has 0 bridgehead atoms. The van der Waals surface area contributed by atoms with Crippen LogP contribution in [0.2, 0.25) is 0 Å². The molecule has 0 saturated heterocycles. The van der Waals surface area contributed by atoms with E-state index in [1.807, 2.05) is 38.1 Å². The number of para-hydroxylation sites is 1. The van der Waals surface area contributed by atoms with Gasteiger partial charge in [0.15, 0.2) is 0 Å². The fourth-order valence-electron chi connectivity index (χ4n) is 1.16. The molecule has 0 aliphatic carbocycles. The fourth-order valence-corrected chi connectivity index (χ4v) is 1.52.